The topological polar surface area (TPSA) is 66.2 Å². The normalized spacial score (nSPS) is 21.1. The second-order valence-corrected chi connectivity index (χ2v) is 7.73. The SMILES string of the molecule is O=C(c1ccco1)N(CC1CN(Cc2ccccc2O)CCO1)C1CCCC1. The summed E-state index contributed by atoms with van der Waals surface area (Å²) in [6.07, 6.45) is 5.92. The van der Waals surface area contributed by atoms with Crippen molar-refractivity contribution >= 4 is 5.91 Å². The van der Waals surface area contributed by atoms with E-state index in [9.17, 15) is 9.90 Å². The van der Waals surface area contributed by atoms with Gasteiger partial charge in [0.15, 0.2) is 5.76 Å². The lowest BCUT2D eigenvalue weighted by Gasteiger charge is -2.37. The average Bonchev–Trinajstić information content (AvgIpc) is 3.42. The number of carbonyl (C=O) groups excluding carboxylic acids is 1. The fraction of sp³-hybridized carbons (Fsp3) is 0.500. The molecule has 1 saturated carbocycles. The number of ether oxygens (including phenoxy) is 1. The van der Waals surface area contributed by atoms with Crippen LogP contribution >= 0.6 is 0 Å². The van der Waals surface area contributed by atoms with Crippen molar-refractivity contribution in [3.05, 3.63) is 54.0 Å². The number of rotatable bonds is 6. The smallest absolute Gasteiger partial charge is 0.289 e. The zero-order valence-corrected chi connectivity index (χ0v) is 16.1. The third-order valence-corrected chi connectivity index (χ3v) is 5.77. The summed E-state index contributed by atoms with van der Waals surface area (Å²) in [6, 6.07) is 11.2. The highest BCUT2D eigenvalue weighted by Crippen LogP contribution is 2.26. The number of hydrogen-bond acceptors (Lipinski definition) is 5. The number of morpholine rings is 1. The predicted molar refractivity (Wildman–Crippen MR) is 105 cm³/mol. The highest BCUT2D eigenvalue weighted by Gasteiger charge is 2.32. The molecule has 2 aromatic rings. The number of nitrogens with zero attached hydrogens (tertiary/aromatic N) is 2. The van der Waals surface area contributed by atoms with Gasteiger partial charge in [0.2, 0.25) is 0 Å². The summed E-state index contributed by atoms with van der Waals surface area (Å²) < 4.78 is 11.4. The molecule has 2 fully saturated rings. The van der Waals surface area contributed by atoms with Gasteiger partial charge in [0.1, 0.15) is 5.75 Å². The van der Waals surface area contributed by atoms with Crippen LogP contribution in [0, 0.1) is 0 Å². The molecule has 150 valence electrons. The van der Waals surface area contributed by atoms with Crippen molar-refractivity contribution in [2.45, 2.75) is 44.4 Å². The van der Waals surface area contributed by atoms with Crippen molar-refractivity contribution in [1.82, 2.24) is 9.80 Å². The first-order valence-corrected chi connectivity index (χ1v) is 10.2. The number of phenols is 1. The Bertz CT molecular complexity index is 771. The fourth-order valence-electron chi connectivity index (χ4n) is 4.29. The zero-order chi connectivity index (χ0) is 19.3. The Labute approximate surface area is 165 Å². The molecular formula is C22H28N2O4. The minimum absolute atomic E-state index is 0.0425. The van der Waals surface area contributed by atoms with E-state index in [2.05, 4.69) is 4.90 Å². The minimum Gasteiger partial charge on any atom is -0.508 e. The molecule has 1 aromatic heterocycles. The largest absolute Gasteiger partial charge is 0.508 e. The van der Waals surface area contributed by atoms with Gasteiger partial charge < -0.3 is 19.2 Å². The van der Waals surface area contributed by atoms with Crippen LogP contribution in [-0.4, -0.2) is 59.2 Å². The van der Waals surface area contributed by atoms with Crippen LogP contribution in [0.3, 0.4) is 0 Å². The average molecular weight is 384 g/mol. The molecule has 1 atom stereocenters. The fourth-order valence-corrected chi connectivity index (χ4v) is 4.29. The third-order valence-electron chi connectivity index (χ3n) is 5.77. The number of para-hydroxylation sites is 1. The summed E-state index contributed by atoms with van der Waals surface area (Å²) in [5.41, 5.74) is 0.919. The molecule has 4 rings (SSSR count). The summed E-state index contributed by atoms with van der Waals surface area (Å²) in [6.45, 7) is 3.44. The van der Waals surface area contributed by atoms with Crippen molar-refractivity contribution in [3.63, 3.8) is 0 Å². The van der Waals surface area contributed by atoms with Gasteiger partial charge in [-0.1, -0.05) is 31.0 Å². The van der Waals surface area contributed by atoms with Gasteiger partial charge in [-0.2, -0.15) is 0 Å². The number of amides is 1. The van der Waals surface area contributed by atoms with Crippen LogP contribution in [0.5, 0.6) is 5.75 Å². The molecule has 0 bridgehead atoms. The molecule has 1 saturated heterocycles. The molecule has 6 nitrogen and oxygen atoms in total. The minimum atomic E-state index is -0.0432. The summed E-state index contributed by atoms with van der Waals surface area (Å²) in [5, 5.41) is 10.1. The van der Waals surface area contributed by atoms with Crippen LogP contribution in [0.1, 0.15) is 41.8 Å². The van der Waals surface area contributed by atoms with E-state index in [-0.39, 0.29) is 18.1 Å². The maximum absolute atomic E-state index is 13.0. The number of phenolic OH excluding ortho intramolecular Hbond substituents is 1. The van der Waals surface area contributed by atoms with E-state index in [1.807, 2.05) is 23.1 Å². The third kappa shape index (κ3) is 4.39. The van der Waals surface area contributed by atoms with E-state index in [0.29, 0.717) is 31.2 Å². The zero-order valence-electron chi connectivity index (χ0n) is 16.1. The van der Waals surface area contributed by atoms with Crippen LogP contribution in [0.4, 0.5) is 0 Å². The Morgan fingerprint density at radius 1 is 1.18 bits per heavy atom. The van der Waals surface area contributed by atoms with Gasteiger partial charge in [-0.15, -0.1) is 0 Å². The summed E-state index contributed by atoms with van der Waals surface area (Å²) in [7, 11) is 0. The Balaban J connectivity index is 1.42. The number of hydrogen-bond donors (Lipinski definition) is 1. The second-order valence-electron chi connectivity index (χ2n) is 7.73. The number of aromatic hydroxyl groups is 1. The van der Waals surface area contributed by atoms with Crippen molar-refractivity contribution in [2.75, 3.05) is 26.2 Å². The lowest BCUT2D eigenvalue weighted by molar-refractivity contribution is -0.0473. The molecule has 2 heterocycles. The molecule has 28 heavy (non-hydrogen) atoms. The van der Waals surface area contributed by atoms with Crippen molar-refractivity contribution in [2.24, 2.45) is 0 Å². The Kier molecular flexibility index (Phi) is 5.98. The van der Waals surface area contributed by atoms with E-state index in [4.69, 9.17) is 9.15 Å². The highest BCUT2D eigenvalue weighted by molar-refractivity contribution is 5.91. The van der Waals surface area contributed by atoms with Crippen molar-refractivity contribution < 1.29 is 19.1 Å². The van der Waals surface area contributed by atoms with E-state index >= 15 is 0 Å². The highest BCUT2D eigenvalue weighted by atomic mass is 16.5. The Morgan fingerprint density at radius 2 is 2.00 bits per heavy atom. The molecule has 1 aliphatic carbocycles. The molecule has 1 unspecified atom stereocenters. The molecule has 6 heteroatoms. The Hall–Kier alpha value is -2.31. The monoisotopic (exact) mass is 384 g/mol. The van der Waals surface area contributed by atoms with Crippen molar-refractivity contribution in [1.29, 1.82) is 0 Å². The van der Waals surface area contributed by atoms with E-state index in [1.54, 1.807) is 24.5 Å². The maximum atomic E-state index is 13.0. The van der Waals surface area contributed by atoms with E-state index in [1.165, 1.54) is 0 Å². The second kappa shape index (κ2) is 8.80. The maximum Gasteiger partial charge on any atom is 0.289 e. The van der Waals surface area contributed by atoms with Crippen LogP contribution in [0.2, 0.25) is 0 Å². The Morgan fingerprint density at radius 3 is 2.75 bits per heavy atom. The van der Waals surface area contributed by atoms with Gasteiger partial charge in [-0.05, 0) is 31.0 Å². The van der Waals surface area contributed by atoms with Crippen LogP contribution < -0.4 is 0 Å². The number of furan rings is 1. The molecule has 0 radical (unpaired) electrons. The quantitative estimate of drug-likeness (QED) is 0.828. The van der Waals surface area contributed by atoms with Crippen LogP contribution in [-0.2, 0) is 11.3 Å². The summed E-state index contributed by atoms with van der Waals surface area (Å²) in [5.74, 6) is 0.679. The molecule has 2 aliphatic rings. The standard InChI is InChI=1S/C22H28N2O4/c25-20-9-4-1-6-17(20)14-23-11-13-27-19(15-23)16-24(18-7-2-3-8-18)22(26)21-10-5-12-28-21/h1,4-6,9-10,12,18-19,25H,2-3,7-8,11,13-16H2. The molecule has 0 spiro atoms. The van der Waals surface area contributed by atoms with Gasteiger partial charge in [-0.3, -0.25) is 9.69 Å². The first-order chi connectivity index (χ1) is 13.7. The van der Waals surface area contributed by atoms with Crippen LogP contribution in [0.15, 0.2) is 47.1 Å². The van der Waals surface area contributed by atoms with Gasteiger partial charge in [-0.25, -0.2) is 0 Å². The van der Waals surface area contributed by atoms with Gasteiger partial charge in [0.25, 0.3) is 5.91 Å². The molecule has 1 aliphatic heterocycles. The molecule has 1 N–H and O–H groups in total. The van der Waals surface area contributed by atoms with Gasteiger partial charge >= 0.3 is 0 Å². The summed E-state index contributed by atoms with van der Waals surface area (Å²) in [4.78, 5) is 17.3. The lowest BCUT2D eigenvalue weighted by Crippen LogP contribution is -2.50. The molecular weight excluding hydrogens is 356 g/mol. The van der Waals surface area contributed by atoms with Gasteiger partial charge in [0.05, 0.1) is 19.0 Å². The lowest BCUT2D eigenvalue weighted by atomic mass is 10.1. The first kappa shape index (κ1) is 19.0. The molecule has 1 aromatic carbocycles. The van der Waals surface area contributed by atoms with Crippen LogP contribution in [0.25, 0.3) is 0 Å². The van der Waals surface area contributed by atoms with Crippen molar-refractivity contribution in [3.8, 4) is 5.75 Å². The number of benzene rings is 1. The predicted octanol–water partition coefficient (Wildman–Crippen LogP) is 3.27. The first-order valence-electron chi connectivity index (χ1n) is 10.2. The summed E-state index contributed by atoms with van der Waals surface area (Å²) >= 11 is 0. The molecule has 1 amide bonds. The van der Waals surface area contributed by atoms with Gasteiger partial charge in [0, 0.05) is 37.8 Å². The number of carbonyl (C=O) groups is 1. The van der Waals surface area contributed by atoms with E-state index in [0.717, 1.165) is 44.3 Å². The van der Waals surface area contributed by atoms with E-state index < -0.39 is 0 Å².